The number of alkyl halides is 1. The predicted octanol–water partition coefficient (Wildman–Crippen LogP) is 5.23. The Morgan fingerprint density at radius 2 is 2.05 bits per heavy atom. The van der Waals surface area contributed by atoms with Crippen molar-refractivity contribution in [2.75, 3.05) is 6.61 Å². The Morgan fingerprint density at radius 3 is 2.85 bits per heavy atom. The molecule has 110 valence electrons. The molecule has 0 spiro atoms. The van der Waals surface area contributed by atoms with Gasteiger partial charge in [-0.25, -0.2) is 0 Å². The fraction of sp³-hybridized carbons (Fsp3) is 0.667. The minimum Gasteiger partial charge on any atom is -0.493 e. The molecule has 20 heavy (non-hydrogen) atoms. The SMILES string of the molecule is CC(C)C1CCC(Cl)C(CC2COc3ccccc32)C1. The van der Waals surface area contributed by atoms with Gasteiger partial charge < -0.3 is 4.74 Å². The van der Waals surface area contributed by atoms with Crippen molar-refractivity contribution in [1.82, 2.24) is 0 Å². The number of fused-ring (bicyclic) bond motifs is 1. The number of ether oxygens (including phenoxy) is 1. The summed E-state index contributed by atoms with van der Waals surface area (Å²) in [5, 5.41) is 0.359. The lowest BCUT2D eigenvalue weighted by molar-refractivity contribution is 0.196. The van der Waals surface area contributed by atoms with E-state index < -0.39 is 0 Å². The molecule has 0 radical (unpaired) electrons. The van der Waals surface area contributed by atoms with Crippen LogP contribution in [0.2, 0.25) is 0 Å². The zero-order chi connectivity index (χ0) is 14.1. The average Bonchev–Trinajstić information content (AvgIpc) is 2.84. The molecule has 4 unspecified atom stereocenters. The molecular formula is C18H25ClO. The van der Waals surface area contributed by atoms with Crippen LogP contribution in [-0.2, 0) is 0 Å². The van der Waals surface area contributed by atoms with Crippen molar-refractivity contribution in [3.63, 3.8) is 0 Å². The summed E-state index contributed by atoms with van der Waals surface area (Å²) in [6.07, 6.45) is 4.98. The summed E-state index contributed by atoms with van der Waals surface area (Å²) in [6, 6.07) is 8.49. The molecule has 2 heteroatoms. The molecule has 1 aliphatic carbocycles. The highest BCUT2D eigenvalue weighted by atomic mass is 35.5. The van der Waals surface area contributed by atoms with Gasteiger partial charge in [0.2, 0.25) is 0 Å². The van der Waals surface area contributed by atoms with Gasteiger partial charge in [0, 0.05) is 16.9 Å². The first-order chi connectivity index (χ1) is 9.65. The van der Waals surface area contributed by atoms with E-state index in [1.807, 2.05) is 0 Å². The van der Waals surface area contributed by atoms with Crippen LogP contribution in [0, 0.1) is 17.8 Å². The number of hydrogen-bond acceptors (Lipinski definition) is 1. The maximum absolute atomic E-state index is 6.62. The van der Waals surface area contributed by atoms with E-state index in [-0.39, 0.29) is 0 Å². The monoisotopic (exact) mass is 292 g/mol. The Kier molecular flexibility index (Phi) is 4.26. The maximum Gasteiger partial charge on any atom is 0.122 e. The lowest BCUT2D eigenvalue weighted by Gasteiger charge is -2.36. The quantitative estimate of drug-likeness (QED) is 0.693. The molecule has 2 aliphatic rings. The van der Waals surface area contributed by atoms with Gasteiger partial charge >= 0.3 is 0 Å². The van der Waals surface area contributed by atoms with E-state index in [1.54, 1.807) is 0 Å². The Bertz CT molecular complexity index is 456. The molecule has 0 saturated heterocycles. The second-order valence-electron chi connectivity index (χ2n) is 6.87. The first kappa shape index (κ1) is 14.3. The molecule has 1 aliphatic heterocycles. The molecule has 1 aromatic carbocycles. The van der Waals surface area contributed by atoms with Crippen LogP contribution >= 0.6 is 11.6 Å². The minimum absolute atomic E-state index is 0.359. The van der Waals surface area contributed by atoms with E-state index in [0.29, 0.717) is 17.2 Å². The van der Waals surface area contributed by atoms with Crippen molar-refractivity contribution in [1.29, 1.82) is 0 Å². The Balaban J connectivity index is 1.68. The summed E-state index contributed by atoms with van der Waals surface area (Å²) in [5.41, 5.74) is 1.39. The highest BCUT2D eigenvalue weighted by Gasteiger charge is 2.34. The Hall–Kier alpha value is -0.690. The second-order valence-corrected chi connectivity index (χ2v) is 7.44. The van der Waals surface area contributed by atoms with Crippen LogP contribution in [0.15, 0.2) is 24.3 Å². The fourth-order valence-corrected chi connectivity index (χ4v) is 4.23. The van der Waals surface area contributed by atoms with Gasteiger partial charge in [-0.05, 0) is 49.5 Å². The van der Waals surface area contributed by atoms with E-state index >= 15 is 0 Å². The van der Waals surface area contributed by atoms with Gasteiger partial charge in [0.15, 0.2) is 0 Å². The Morgan fingerprint density at radius 1 is 1.25 bits per heavy atom. The largest absolute Gasteiger partial charge is 0.493 e. The van der Waals surface area contributed by atoms with Crippen LogP contribution in [-0.4, -0.2) is 12.0 Å². The lowest BCUT2D eigenvalue weighted by Crippen LogP contribution is -2.29. The molecule has 1 aromatic rings. The number of hydrogen-bond donors (Lipinski definition) is 0. The number of para-hydroxylation sites is 1. The van der Waals surface area contributed by atoms with Crippen molar-refractivity contribution < 1.29 is 4.74 Å². The summed E-state index contributed by atoms with van der Waals surface area (Å²) in [7, 11) is 0. The standard InChI is InChI=1S/C18H25ClO/c1-12(2)13-7-8-17(19)14(9-13)10-15-11-20-18-6-4-3-5-16(15)18/h3-6,12-15,17H,7-11H2,1-2H3. The molecular weight excluding hydrogens is 268 g/mol. The van der Waals surface area contributed by atoms with Gasteiger partial charge in [-0.3, -0.25) is 0 Å². The van der Waals surface area contributed by atoms with Gasteiger partial charge in [0.1, 0.15) is 5.75 Å². The zero-order valence-corrected chi connectivity index (χ0v) is 13.3. The van der Waals surface area contributed by atoms with E-state index in [0.717, 1.165) is 24.2 Å². The molecule has 0 N–H and O–H groups in total. The first-order valence-corrected chi connectivity index (χ1v) is 8.44. The maximum atomic E-state index is 6.62. The summed E-state index contributed by atoms with van der Waals surface area (Å²) >= 11 is 6.62. The molecule has 0 amide bonds. The second kappa shape index (κ2) is 5.97. The molecule has 1 fully saturated rings. The average molecular weight is 293 g/mol. The van der Waals surface area contributed by atoms with Crippen LogP contribution in [0.25, 0.3) is 0 Å². The van der Waals surface area contributed by atoms with Crippen LogP contribution in [0.3, 0.4) is 0 Å². The molecule has 3 rings (SSSR count). The van der Waals surface area contributed by atoms with E-state index in [1.165, 1.54) is 31.2 Å². The van der Waals surface area contributed by atoms with Crippen molar-refractivity contribution >= 4 is 11.6 Å². The molecule has 1 nitrogen and oxygen atoms in total. The summed E-state index contributed by atoms with van der Waals surface area (Å²) in [5.74, 6) is 3.92. The number of halogens is 1. The molecule has 0 bridgehead atoms. The van der Waals surface area contributed by atoms with Crippen molar-refractivity contribution in [2.24, 2.45) is 17.8 Å². The van der Waals surface area contributed by atoms with E-state index in [4.69, 9.17) is 16.3 Å². The Labute approximate surface area is 127 Å². The summed E-state index contributed by atoms with van der Waals surface area (Å²) in [6.45, 7) is 5.54. The van der Waals surface area contributed by atoms with Gasteiger partial charge in [-0.15, -0.1) is 11.6 Å². The third-order valence-electron chi connectivity index (χ3n) is 5.26. The summed E-state index contributed by atoms with van der Waals surface area (Å²) in [4.78, 5) is 0. The molecule has 1 heterocycles. The smallest absolute Gasteiger partial charge is 0.122 e. The first-order valence-electron chi connectivity index (χ1n) is 8.01. The fourth-order valence-electron chi connectivity index (χ4n) is 3.90. The van der Waals surface area contributed by atoms with Gasteiger partial charge in [0.25, 0.3) is 0 Å². The third kappa shape index (κ3) is 2.83. The van der Waals surface area contributed by atoms with E-state index in [2.05, 4.69) is 38.1 Å². The highest BCUT2D eigenvalue weighted by Crippen LogP contribution is 2.44. The van der Waals surface area contributed by atoms with Gasteiger partial charge in [-0.1, -0.05) is 32.0 Å². The third-order valence-corrected chi connectivity index (χ3v) is 5.83. The van der Waals surface area contributed by atoms with Crippen molar-refractivity contribution in [3.05, 3.63) is 29.8 Å². The molecule has 4 atom stereocenters. The predicted molar refractivity (Wildman–Crippen MR) is 84.6 cm³/mol. The van der Waals surface area contributed by atoms with Gasteiger partial charge in [-0.2, -0.15) is 0 Å². The van der Waals surface area contributed by atoms with Crippen LogP contribution < -0.4 is 4.74 Å². The van der Waals surface area contributed by atoms with Crippen molar-refractivity contribution in [3.8, 4) is 5.75 Å². The number of benzene rings is 1. The molecule has 1 saturated carbocycles. The van der Waals surface area contributed by atoms with Crippen LogP contribution in [0.1, 0.15) is 51.0 Å². The minimum atomic E-state index is 0.359. The summed E-state index contributed by atoms with van der Waals surface area (Å²) < 4.78 is 5.82. The molecule has 0 aromatic heterocycles. The van der Waals surface area contributed by atoms with Crippen LogP contribution in [0.5, 0.6) is 5.75 Å². The zero-order valence-electron chi connectivity index (χ0n) is 12.5. The highest BCUT2D eigenvalue weighted by molar-refractivity contribution is 6.20. The normalized spacial score (nSPS) is 33.0. The van der Waals surface area contributed by atoms with E-state index in [9.17, 15) is 0 Å². The lowest BCUT2D eigenvalue weighted by atomic mass is 9.72. The van der Waals surface area contributed by atoms with Gasteiger partial charge in [0.05, 0.1) is 6.61 Å². The number of rotatable bonds is 3. The van der Waals surface area contributed by atoms with Crippen LogP contribution in [0.4, 0.5) is 0 Å². The topological polar surface area (TPSA) is 9.23 Å². The van der Waals surface area contributed by atoms with Crippen molar-refractivity contribution in [2.45, 2.75) is 50.8 Å².